The van der Waals surface area contributed by atoms with Crippen LogP contribution in [-0.2, 0) is 62.1 Å². The molecule has 20 atom stereocenters. The molecule has 4 saturated heterocycles. The predicted molar refractivity (Wildman–Crippen MR) is 185 cm³/mol. The van der Waals surface area contributed by atoms with Gasteiger partial charge in [0.05, 0.1) is 44.6 Å². The molecular weight excluding hydrogens is 812 g/mol. The van der Waals surface area contributed by atoms with Gasteiger partial charge in [-0.2, -0.15) is 8.42 Å². The van der Waals surface area contributed by atoms with Crippen LogP contribution < -0.4 is 21.7 Å². The van der Waals surface area contributed by atoms with Gasteiger partial charge in [-0.1, -0.05) is 0 Å². The number of carbonyl (C=O) groups is 3. The molecule has 0 bridgehead atoms. The van der Waals surface area contributed by atoms with Gasteiger partial charge in [0.15, 0.2) is 18.9 Å². The quantitative estimate of drug-likeness (QED) is 0.0680. The number of amides is 3. The third-order valence-electron chi connectivity index (χ3n) is 9.97. The van der Waals surface area contributed by atoms with E-state index in [1.54, 1.807) is 0 Å². The second kappa shape index (κ2) is 20.5. The van der Waals surface area contributed by atoms with E-state index in [0.717, 1.165) is 20.8 Å². The summed E-state index contributed by atoms with van der Waals surface area (Å²) < 4.78 is 77.4. The fraction of sp³-hybridized carbons (Fsp3) is 0.903. The predicted octanol–water partition coefficient (Wildman–Crippen LogP) is -8.45. The van der Waals surface area contributed by atoms with Gasteiger partial charge in [-0.25, -0.2) is 4.18 Å². The summed E-state index contributed by atoms with van der Waals surface area (Å²) in [5, 5.41) is 92.8. The molecule has 0 aromatic heterocycles. The molecule has 4 fully saturated rings. The van der Waals surface area contributed by atoms with E-state index in [1.807, 2.05) is 0 Å². The van der Waals surface area contributed by atoms with Crippen LogP contribution in [0.2, 0.25) is 0 Å². The van der Waals surface area contributed by atoms with Crippen LogP contribution in [0, 0.1) is 0 Å². The molecule has 4 aliphatic heterocycles. The molecule has 26 nitrogen and oxygen atoms in total. The second-order valence-electron chi connectivity index (χ2n) is 14.3. The first-order valence-corrected chi connectivity index (χ1v) is 19.5. The summed E-state index contributed by atoms with van der Waals surface area (Å²) >= 11 is 0. The second-order valence-corrected chi connectivity index (χ2v) is 15.4. The number of rotatable bonds is 15. The Morgan fingerprint density at radius 2 is 0.966 bits per heavy atom. The molecule has 4 rings (SSSR count). The zero-order valence-electron chi connectivity index (χ0n) is 31.7. The first-order chi connectivity index (χ1) is 27.1. The van der Waals surface area contributed by atoms with E-state index in [1.165, 1.54) is 6.92 Å². The highest BCUT2D eigenvalue weighted by Gasteiger charge is 2.56. The van der Waals surface area contributed by atoms with Crippen LogP contribution in [0.4, 0.5) is 0 Å². The summed E-state index contributed by atoms with van der Waals surface area (Å²) in [5.74, 6) is -2.12. The minimum Gasteiger partial charge on any atom is -0.394 e. The molecule has 0 saturated carbocycles. The summed E-state index contributed by atoms with van der Waals surface area (Å²) in [5.41, 5.74) is 5.98. The standard InChI is InChI=1S/C31H54N4O22S/c1-9-18(33-10(2)39)23(44)28(16(51-9)8-50-58(47,48)49)57-31-20(35-12(4)41)25(46)27(15(7-38)54-31)56-30-19(34-11(3)40)24(45)26(14(6-37)53-30)55-29-17(32)22(43)21(42)13(5-36)52-29/h9,13-31,36-38,42-46H,5-8,32H2,1-4H3,(H,33,39)(H,34,40)(H,35,41)(H,47,48,49)/t9-,13+,14+,15+,16+,17+,18-,19+,20+,21+,22+,23?,24?,25+,26+,27+,28+,29?,30-,31?/m0/s1. The van der Waals surface area contributed by atoms with Gasteiger partial charge < -0.3 is 95.7 Å². The molecule has 27 heteroatoms. The van der Waals surface area contributed by atoms with Crippen molar-refractivity contribution in [2.45, 2.75) is 150 Å². The lowest BCUT2D eigenvalue weighted by molar-refractivity contribution is -0.358. The fourth-order valence-electron chi connectivity index (χ4n) is 7.20. The average molecular weight is 867 g/mol. The minimum absolute atomic E-state index is 0.597. The van der Waals surface area contributed by atoms with Crippen molar-refractivity contribution in [3.63, 3.8) is 0 Å². The van der Waals surface area contributed by atoms with Gasteiger partial charge in [0.25, 0.3) is 0 Å². The Morgan fingerprint density at radius 1 is 0.586 bits per heavy atom. The summed E-state index contributed by atoms with van der Waals surface area (Å²) in [6.07, 6.45) is -26.0. The highest BCUT2D eigenvalue weighted by atomic mass is 32.3. The Hall–Kier alpha value is -2.36. The van der Waals surface area contributed by atoms with Crippen LogP contribution in [0.3, 0.4) is 0 Å². The molecule has 0 aliphatic carbocycles. The number of nitrogens with one attached hydrogen (secondary N) is 3. The number of ether oxygens (including phenoxy) is 7. The van der Waals surface area contributed by atoms with Gasteiger partial charge in [0.2, 0.25) is 17.7 Å². The monoisotopic (exact) mass is 866 g/mol. The molecule has 14 N–H and O–H groups in total. The molecule has 58 heavy (non-hydrogen) atoms. The van der Waals surface area contributed by atoms with Crippen LogP contribution in [0.1, 0.15) is 27.7 Å². The SMILES string of the molecule is CC(=O)N[C@@H]1C(O)[C@H](OC2O[C@H](CO)[C@@H](O)[C@H](O)[C@H]2N)[C@@H](CO)O[C@H]1O[C@H]1[C@H](O)[C@@H](NC(C)=O)C(O[C@H]2C(O)[C@@H](NC(C)=O)[C@H](C)O[C@@H]2COS(=O)(=O)O)O[C@@H]1CO. The molecule has 0 aromatic rings. The average Bonchev–Trinajstić information content (AvgIpc) is 3.14. The molecule has 4 heterocycles. The third kappa shape index (κ3) is 11.5. The normalized spacial score (nSPS) is 43.6. The summed E-state index contributed by atoms with van der Waals surface area (Å²) in [6, 6.07) is -5.87. The Morgan fingerprint density at radius 3 is 1.38 bits per heavy atom. The molecule has 0 aromatic carbocycles. The van der Waals surface area contributed by atoms with Crippen molar-refractivity contribution in [3.8, 4) is 0 Å². The summed E-state index contributed by atoms with van der Waals surface area (Å²) in [7, 11) is -5.04. The molecule has 336 valence electrons. The van der Waals surface area contributed by atoms with Crippen molar-refractivity contribution in [1.29, 1.82) is 0 Å². The van der Waals surface area contributed by atoms with Crippen LogP contribution in [0.25, 0.3) is 0 Å². The molecule has 4 unspecified atom stereocenters. The van der Waals surface area contributed by atoms with Gasteiger partial charge in [-0.05, 0) is 6.92 Å². The largest absolute Gasteiger partial charge is 0.397 e. The third-order valence-corrected chi connectivity index (χ3v) is 10.4. The number of carbonyl (C=O) groups excluding carboxylic acids is 3. The lowest BCUT2D eigenvalue weighted by Crippen LogP contribution is -2.71. The maximum atomic E-state index is 12.4. The van der Waals surface area contributed by atoms with Crippen LogP contribution >= 0.6 is 0 Å². The molecule has 0 radical (unpaired) electrons. The smallest absolute Gasteiger partial charge is 0.394 e. The Labute approximate surface area is 331 Å². The van der Waals surface area contributed by atoms with Crippen molar-refractivity contribution in [3.05, 3.63) is 0 Å². The summed E-state index contributed by atoms with van der Waals surface area (Å²) in [4.78, 5) is 36.7. The van der Waals surface area contributed by atoms with E-state index in [0.29, 0.717) is 0 Å². The van der Waals surface area contributed by atoms with Crippen molar-refractivity contribution in [2.75, 3.05) is 26.4 Å². The van der Waals surface area contributed by atoms with Crippen LogP contribution in [-0.4, -0.2) is 220 Å². The first-order valence-electron chi connectivity index (χ1n) is 18.1. The van der Waals surface area contributed by atoms with Crippen LogP contribution in [0.5, 0.6) is 0 Å². The highest BCUT2D eigenvalue weighted by Crippen LogP contribution is 2.34. The van der Waals surface area contributed by atoms with E-state index in [-0.39, 0.29) is 0 Å². The van der Waals surface area contributed by atoms with Gasteiger partial charge in [0.1, 0.15) is 85.3 Å². The maximum Gasteiger partial charge on any atom is 0.397 e. The number of aliphatic hydroxyl groups excluding tert-OH is 8. The Kier molecular flexibility index (Phi) is 17.0. The Bertz CT molecular complexity index is 1500. The van der Waals surface area contributed by atoms with Gasteiger partial charge in [-0.3, -0.25) is 18.9 Å². The summed E-state index contributed by atoms with van der Waals surface area (Å²) in [6.45, 7) is 1.16. The van der Waals surface area contributed by atoms with E-state index >= 15 is 0 Å². The number of hydrogen-bond acceptors (Lipinski definition) is 22. The highest BCUT2D eigenvalue weighted by molar-refractivity contribution is 7.80. The maximum absolute atomic E-state index is 12.4. The molecule has 4 aliphatic rings. The lowest BCUT2D eigenvalue weighted by atomic mass is 9.92. The zero-order valence-corrected chi connectivity index (χ0v) is 32.5. The van der Waals surface area contributed by atoms with Gasteiger partial charge in [0, 0.05) is 20.8 Å². The van der Waals surface area contributed by atoms with Crippen molar-refractivity contribution in [2.24, 2.45) is 5.73 Å². The fourth-order valence-corrected chi connectivity index (χ4v) is 7.51. The number of nitrogens with two attached hydrogens (primary N) is 1. The van der Waals surface area contributed by atoms with Gasteiger partial charge in [-0.15, -0.1) is 0 Å². The van der Waals surface area contributed by atoms with Gasteiger partial charge >= 0.3 is 10.4 Å². The van der Waals surface area contributed by atoms with Crippen molar-refractivity contribution >= 4 is 28.1 Å². The molecule has 0 spiro atoms. The first kappa shape index (κ1) is 48.3. The van der Waals surface area contributed by atoms with E-state index in [9.17, 15) is 68.2 Å². The van der Waals surface area contributed by atoms with E-state index in [4.69, 9.17) is 38.9 Å². The zero-order chi connectivity index (χ0) is 43.4. The van der Waals surface area contributed by atoms with Crippen molar-refractivity contribution < 1.29 is 106 Å². The number of aliphatic hydroxyl groups is 8. The molecular formula is C31H54N4O22S. The number of hydrogen-bond donors (Lipinski definition) is 13. The topological polar surface area (TPSA) is 403 Å². The van der Waals surface area contributed by atoms with Crippen molar-refractivity contribution in [1.82, 2.24) is 16.0 Å². The van der Waals surface area contributed by atoms with Crippen LogP contribution in [0.15, 0.2) is 0 Å². The molecule has 3 amide bonds. The lowest BCUT2D eigenvalue weighted by Gasteiger charge is -2.51. The van der Waals surface area contributed by atoms with E-state index in [2.05, 4.69) is 20.1 Å². The Balaban J connectivity index is 1.62. The van der Waals surface area contributed by atoms with E-state index < -0.39 is 177 Å². The minimum atomic E-state index is -5.04.